The highest BCUT2D eigenvalue weighted by Crippen LogP contribution is 2.22. The summed E-state index contributed by atoms with van der Waals surface area (Å²) >= 11 is 0. The Labute approximate surface area is 148 Å². The number of para-hydroxylation sites is 1. The molecule has 5 nitrogen and oxygen atoms in total. The van der Waals surface area contributed by atoms with Gasteiger partial charge in [0.05, 0.1) is 12.6 Å². The summed E-state index contributed by atoms with van der Waals surface area (Å²) < 4.78 is 5.27. The first-order valence-corrected chi connectivity index (χ1v) is 8.56. The number of benzene rings is 2. The van der Waals surface area contributed by atoms with Crippen molar-refractivity contribution < 1.29 is 4.74 Å². The Morgan fingerprint density at radius 3 is 2.68 bits per heavy atom. The Morgan fingerprint density at radius 2 is 1.88 bits per heavy atom. The highest BCUT2D eigenvalue weighted by Gasteiger charge is 2.08. The Morgan fingerprint density at radius 1 is 1.04 bits per heavy atom. The zero-order chi connectivity index (χ0) is 17.6. The van der Waals surface area contributed by atoms with Gasteiger partial charge in [0.1, 0.15) is 11.6 Å². The van der Waals surface area contributed by atoms with E-state index in [-0.39, 0.29) is 0 Å². The molecular formula is C20H24N4O. The molecule has 1 heterocycles. The first-order chi connectivity index (χ1) is 12.2. The third-order valence-corrected chi connectivity index (χ3v) is 3.86. The number of methoxy groups -OCH3 is 1. The monoisotopic (exact) mass is 336 g/mol. The van der Waals surface area contributed by atoms with Crippen LogP contribution in [0.15, 0.2) is 48.5 Å². The second-order valence-corrected chi connectivity index (χ2v) is 6.24. The van der Waals surface area contributed by atoms with Crippen molar-refractivity contribution in [2.75, 3.05) is 24.3 Å². The van der Waals surface area contributed by atoms with Crippen molar-refractivity contribution >= 4 is 22.7 Å². The number of hydrogen-bond donors (Lipinski definition) is 2. The van der Waals surface area contributed by atoms with Gasteiger partial charge in [-0.25, -0.2) is 4.98 Å². The summed E-state index contributed by atoms with van der Waals surface area (Å²) in [5.41, 5.74) is 2.15. The van der Waals surface area contributed by atoms with E-state index in [0.29, 0.717) is 12.0 Å². The van der Waals surface area contributed by atoms with Gasteiger partial charge in [-0.15, -0.1) is 0 Å². The molecule has 2 aromatic carbocycles. The van der Waals surface area contributed by atoms with Crippen LogP contribution in [0.3, 0.4) is 0 Å². The van der Waals surface area contributed by atoms with E-state index in [1.54, 1.807) is 7.11 Å². The lowest BCUT2D eigenvalue weighted by molar-refractivity contribution is 0.414. The summed E-state index contributed by atoms with van der Waals surface area (Å²) in [5, 5.41) is 7.77. The second-order valence-electron chi connectivity index (χ2n) is 6.24. The zero-order valence-corrected chi connectivity index (χ0v) is 14.9. The van der Waals surface area contributed by atoms with Crippen LogP contribution in [-0.2, 0) is 6.42 Å². The van der Waals surface area contributed by atoms with Crippen LogP contribution in [-0.4, -0.2) is 29.7 Å². The molecule has 0 saturated carbocycles. The van der Waals surface area contributed by atoms with Gasteiger partial charge in [-0.1, -0.05) is 24.3 Å². The van der Waals surface area contributed by atoms with Gasteiger partial charge in [-0.2, -0.15) is 4.98 Å². The first-order valence-electron chi connectivity index (χ1n) is 8.56. The molecule has 0 bridgehead atoms. The molecule has 0 unspecified atom stereocenters. The molecule has 1 aromatic heterocycles. The van der Waals surface area contributed by atoms with Gasteiger partial charge in [-0.05, 0) is 50.1 Å². The molecule has 130 valence electrons. The first kappa shape index (κ1) is 17.0. The standard InChI is InChI=1S/C20H24N4O/c1-14(2)22-19-17-9-4-5-10-18(17)23-20(24-19)21-12-11-15-7-6-8-16(13-15)25-3/h4-10,13-14H,11-12H2,1-3H3,(H2,21,22,23,24). The van der Waals surface area contributed by atoms with Gasteiger partial charge >= 0.3 is 0 Å². The van der Waals surface area contributed by atoms with E-state index in [2.05, 4.69) is 46.6 Å². The van der Waals surface area contributed by atoms with Crippen LogP contribution in [0, 0.1) is 0 Å². The van der Waals surface area contributed by atoms with E-state index in [0.717, 1.165) is 35.4 Å². The summed E-state index contributed by atoms with van der Waals surface area (Å²) in [5.74, 6) is 2.39. The number of aromatic nitrogens is 2. The van der Waals surface area contributed by atoms with Gasteiger partial charge in [0.25, 0.3) is 0 Å². The van der Waals surface area contributed by atoms with Gasteiger partial charge in [0.15, 0.2) is 0 Å². The fourth-order valence-electron chi connectivity index (χ4n) is 2.69. The maximum Gasteiger partial charge on any atom is 0.225 e. The molecule has 5 heteroatoms. The average Bonchev–Trinajstić information content (AvgIpc) is 2.61. The van der Waals surface area contributed by atoms with Crippen molar-refractivity contribution in [3.05, 3.63) is 54.1 Å². The maximum absolute atomic E-state index is 5.27. The molecule has 0 aliphatic rings. The zero-order valence-electron chi connectivity index (χ0n) is 14.9. The third kappa shape index (κ3) is 4.38. The Kier molecular flexibility index (Phi) is 5.33. The van der Waals surface area contributed by atoms with Crippen LogP contribution < -0.4 is 15.4 Å². The predicted octanol–water partition coefficient (Wildman–Crippen LogP) is 4.11. The van der Waals surface area contributed by atoms with E-state index in [4.69, 9.17) is 4.74 Å². The number of ether oxygens (including phenoxy) is 1. The molecule has 25 heavy (non-hydrogen) atoms. The van der Waals surface area contributed by atoms with Gasteiger partial charge in [0.2, 0.25) is 5.95 Å². The summed E-state index contributed by atoms with van der Waals surface area (Å²) in [6.07, 6.45) is 0.875. The molecule has 0 saturated heterocycles. The Hall–Kier alpha value is -2.82. The van der Waals surface area contributed by atoms with E-state index in [1.165, 1.54) is 5.56 Å². The highest BCUT2D eigenvalue weighted by molar-refractivity contribution is 5.90. The lowest BCUT2D eigenvalue weighted by Crippen LogP contribution is -2.14. The molecule has 3 aromatic rings. The summed E-state index contributed by atoms with van der Waals surface area (Å²) in [7, 11) is 1.68. The van der Waals surface area contributed by atoms with Crippen LogP contribution in [0.4, 0.5) is 11.8 Å². The topological polar surface area (TPSA) is 59.1 Å². The number of nitrogens with zero attached hydrogens (tertiary/aromatic N) is 2. The van der Waals surface area contributed by atoms with E-state index in [9.17, 15) is 0 Å². The fraction of sp³-hybridized carbons (Fsp3) is 0.300. The van der Waals surface area contributed by atoms with Gasteiger partial charge in [0, 0.05) is 18.0 Å². The molecular weight excluding hydrogens is 312 g/mol. The smallest absolute Gasteiger partial charge is 0.225 e. The summed E-state index contributed by atoms with van der Waals surface area (Å²) in [6.45, 7) is 4.96. The predicted molar refractivity (Wildman–Crippen MR) is 103 cm³/mol. The third-order valence-electron chi connectivity index (χ3n) is 3.86. The number of nitrogens with one attached hydrogen (secondary N) is 2. The molecule has 0 aliphatic heterocycles. The van der Waals surface area contributed by atoms with Crippen LogP contribution in [0.5, 0.6) is 5.75 Å². The minimum Gasteiger partial charge on any atom is -0.497 e. The van der Waals surface area contributed by atoms with Gasteiger partial charge < -0.3 is 15.4 Å². The van der Waals surface area contributed by atoms with Crippen molar-refractivity contribution in [2.24, 2.45) is 0 Å². The second kappa shape index (κ2) is 7.83. The number of rotatable bonds is 7. The van der Waals surface area contributed by atoms with Crippen LogP contribution >= 0.6 is 0 Å². The largest absolute Gasteiger partial charge is 0.497 e. The number of fused-ring (bicyclic) bond motifs is 1. The molecule has 0 spiro atoms. The quantitative estimate of drug-likeness (QED) is 0.680. The van der Waals surface area contributed by atoms with Crippen LogP contribution in [0.2, 0.25) is 0 Å². The Balaban J connectivity index is 1.74. The minimum absolute atomic E-state index is 0.308. The molecule has 0 fully saturated rings. The SMILES string of the molecule is COc1cccc(CCNc2nc(NC(C)C)c3ccccc3n2)c1. The highest BCUT2D eigenvalue weighted by atomic mass is 16.5. The van der Waals surface area contributed by atoms with Crippen molar-refractivity contribution in [3.63, 3.8) is 0 Å². The number of anilines is 2. The molecule has 0 amide bonds. The van der Waals surface area contributed by atoms with E-state index in [1.807, 2.05) is 36.4 Å². The molecule has 0 atom stereocenters. The molecule has 0 aliphatic carbocycles. The van der Waals surface area contributed by atoms with Crippen LogP contribution in [0.1, 0.15) is 19.4 Å². The molecule has 2 N–H and O–H groups in total. The minimum atomic E-state index is 0.308. The molecule has 0 radical (unpaired) electrons. The molecule has 3 rings (SSSR count). The van der Waals surface area contributed by atoms with Crippen molar-refractivity contribution in [2.45, 2.75) is 26.3 Å². The summed E-state index contributed by atoms with van der Waals surface area (Å²) in [4.78, 5) is 9.27. The fourth-order valence-corrected chi connectivity index (χ4v) is 2.69. The van der Waals surface area contributed by atoms with Crippen LogP contribution in [0.25, 0.3) is 10.9 Å². The van der Waals surface area contributed by atoms with Crippen molar-refractivity contribution in [1.29, 1.82) is 0 Å². The Bertz CT molecular complexity index is 848. The number of hydrogen-bond acceptors (Lipinski definition) is 5. The lowest BCUT2D eigenvalue weighted by atomic mass is 10.1. The van der Waals surface area contributed by atoms with Crippen molar-refractivity contribution in [1.82, 2.24) is 9.97 Å². The maximum atomic E-state index is 5.27. The average molecular weight is 336 g/mol. The summed E-state index contributed by atoms with van der Waals surface area (Å²) in [6, 6.07) is 16.5. The van der Waals surface area contributed by atoms with Crippen molar-refractivity contribution in [3.8, 4) is 5.75 Å². The van der Waals surface area contributed by atoms with E-state index < -0.39 is 0 Å². The van der Waals surface area contributed by atoms with E-state index >= 15 is 0 Å². The lowest BCUT2D eigenvalue weighted by Gasteiger charge is -2.14. The normalized spacial score (nSPS) is 10.9. The van der Waals surface area contributed by atoms with Gasteiger partial charge in [-0.3, -0.25) is 0 Å².